The first kappa shape index (κ1) is 24.9. The van der Waals surface area contributed by atoms with Gasteiger partial charge < -0.3 is 20.5 Å². The number of rotatable bonds is 7. The number of halogens is 3. The van der Waals surface area contributed by atoms with Gasteiger partial charge in [-0.25, -0.2) is 15.0 Å². The summed E-state index contributed by atoms with van der Waals surface area (Å²) >= 11 is 0. The zero-order valence-electron chi connectivity index (χ0n) is 19.8. The van der Waals surface area contributed by atoms with Crippen LogP contribution in [-0.2, 0) is 11.0 Å². The molecule has 0 spiro atoms. The molecule has 0 aliphatic heterocycles. The monoisotopic (exact) mass is 495 g/mol. The van der Waals surface area contributed by atoms with Gasteiger partial charge in [0.15, 0.2) is 0 Å². The van der Waals surface area contributed by atoms with E-state index in [0.29, 0.717) is 34.7 Å². The quantitative estimate of drug-likeness (QED) is 0.319. The highest BCUT2D eigenvalue weighted by Gasteiger charge is 2.31. The average molecular weight is 496 g/mol. The summed E-state index contributed by atoms with van der Waals surface area (Å²) in [6.45, 7) is 0.522. The minimum atomic E-state index is -4.60. The van der Waals surface area contributed by atoms with Crippen molar-refractivity contribution in [3.8, 4) is 22.4 Å². The Kier molecular flexibility index (Phi) is 7.02. The summed E-state index contributed by atoms with van der Waals surface area (Å²) in [5.74, 6) is 0.101. The third kappa shape index (κ3) is 5.69. The molecule has 0 aliphatic carbocycles. The fraction of sp³-hybridized carbons (Fsp3) is 0.200. The molecule has 3 N–H and O–H groups in total. The second-order valence-electron chi connectivity index (χ2n) is 8.31. The molecule has 3 heterocycles. The van der Waals surface area contributed by atoms with Crippen LogP contribution in [0.5, 0.6) is 0 Å². The van der Waals surface area contributed by atoms with Crippen LogP contribution >= 0.6 is 0 Å². The molecule has 4 aromatic rings. The number of amides is 1. The smallest absolute Gasteiger partial charge is 0.373 e. The number of fused-ring (bicyclic) bond motifs is 1. The second-order valence-corrected chi connectivity index (χ2v) is 8.31. The highest BCUT2D eigenvalue weighted by Crippen LogP contribution is 2.36. The van der Waals surface area contributed by atoms with Gasteiger partial charge in [0.25, 0.3) is 0 Å². The Labute approximate surface area is 205 Å². The maximum absolute atomic E-state index is 13.7. The molecule has 0 aliphatic rings. The normalized spacial score (nSPS) is 12.0. The summed E-state index contributed by atoms with van der Waals surface area (Å²) < 4.78 is 41.0. The number of aromatic nitrogens is 4. The lowest BCUT2D eigenvalue weighted by Crippen LogP contribution is -2.13. The Balaban J connectivity index is 1.74. The zero-order valence-corrected chi connectivity index (χ0v) is 19.8. The van der Waals surface area contributed by atoms with Gasteiger partial charge in [-0.1, -0.05) is 6.08 Å². The van der Waals surface area contributed by atoms with E-state index in [4.69, 9.17) is 0 Å². The fourth-order valence-electron chi connectivity index (χ4n) is 3.60. The summed E-state index contributed by atoms with van der Waals surface area (Å²) in [6.07, 6.45) is 2.97. The molecular weight excluding hydrogens is 471 g/mol. The SMILES string of the molecule is CNc1cc(-c2c[nH]c3ncc(-c4cc(NC(=O)/C=C/CN(C)C)cc(C(F)(F)F)c4)cc23)ncn1. The molecule has 186 valence electrons. The zero-order chi connectivity index (χ0) is 25.9. The molecule has 1 amide bonds. The van der Waals surface area contributed by atoms with Gasteiger partial charge in [-0.05, 0) is 43.9 Å². The molecule has 8 nitrogen and oxygen atoms in total. The molecule has 0 fully saturated rings. The van der Waals surface area contributed by atoms with Crippen molar-refractivity contribution >= 4 is 28.4 Å². The van der Waals surface area contributed by atoms with Crippen molar-refractivity contribution in [1.82, 2.24) is 24.8 Å². The van der Waals surface area contributed by atoms with E-state index in [9.17, 15) is 18.0 Å². The van der Waals surface area contributed by atoms with E-state index in [-0.39, 0.29) is 11.3 Å². The Bertz CT molecular complexity index is 1430. The van der Waals surface area contributed by atoms with Crippen molar-refractivity contribution in [2.75, 3.05) is 38.3 Å². The minimum Gasteiger partial charge on any atom is -0.373 e. The van der Waals surface area contributed by atoms with Crippen molar-refractivity contribution in [3.63, 3.8) is 0 Å². The Morgan fingerprint density at radius 2 is 1.89 bits per heavy atom. The number of likely N-dealkylation sites (N-methyl/N-ethyl adjacent to an activating group) is 1. The highest BCUT2D eigenvalue weighted by molar-refractivity contribution is 6.00. The largest absolute Gasteiger partial charge is 0.416 e. The molecule has 0 atom stereocenters. The molecule has 3 aromatic heterocycles. The molecule has 0 bridgehead atoms. The molecule has 11 heteroatoms. The Morgan fingerprint density at radius 3 is 2.61 bits per heavy atom. The first-order chi connectivity index (χ1) is 17.1. The van der Waals surface area contributed by atoms with Crippen molar-refractivity contribution < 1.29 is 18.0 Å². The van der Waals surface area contributed by atoms with Gasteiger partial charge in [-0.15, -0.1) is 0 Å². The summed E-state index contributed by atoms with van der Waals surface area (Å²) in [7, 11) is 5.42. The van der Waals surface area contributed by atoms with Crippen molar-refractivity contribution in [1.29, 1.82) is 0 Å². The van der Waals surface area contributed by atoms with E-state index in [1.54, 1.807) is 31.5 Å². The predicted octanol–water partition coefficient (Wildman–Crippen LogP) is 4.80. The molecule has 0 radical (unpaired) electrons. The van der Waals surface area contributed by atoms with Crippen LogP contribution in [0.15, 0.2) is 61.2 Å². The number of benzene rings is 1. The van der Waals surface area contributed by atoms with Crippen molar-refractivity contribution in [2.45, 2.75) is 6.18 Å². The topological polar surface area (TPSA) is 98.8 Å². The van der Waals surface area contributed by atoms with E-state index in [0.717, 1.165) is 17.7 Å². The van der Waals surface area contributed by atoms with Gasteiger partial charge in [0.2, 0.25) is 5.91 Å². The van der Waals surface area contributed by atoms with Crippen LogP contribution in [-0.4, -0.2) is 58.4 Å². The number of anilines is 2. The number of nitrogens with one attached hydrogen (secondary N) is 3. The number of alkyl halides is 3. The number of carbonyl (C=O) groups is 1. The van der Waals surface area contributed by atoms with Crippen LogP contribution in [0.1, 0.15) is 5.56 Å². The molecule has 4 rings (SSSR count). The summed E-state index contributed by atoms with van der Waals surface area (Å²) in [5, 5.41) is 6.16. The molecular formula is C25H24F3N7O. The second kappa shape index (κ2) is 10.2. The maximum atomic E-state index is 13.7. The predicted molar refractivity (Wildman–Crippen MR) is 133 cm³/mol. The maximum Gasteiger partial charge on any atom is 0.416 e. The Morgan fingerprint density at radius 1 is 1.08 bits per heavy atom. The van der Waals surface area contributed by atoms with Crippen LogP contribution in [0.3, 0.4) is 0 Å². The van der Waals surface area contributed by atoms with E-state index < -0.39 is 17.6 Å². The van der Waals surface area contributed by atoms with Gasteiger partial charge >= 0.3 is 6.18 Å². The highest BCUT2D eigenvalue weighted by atomic mass is 19.4. The fourth-order valence-corrected chi connectivity index (χ4v) is 3.60. The van der Waals surface area contributed by atoms with Gasteiger partial charge in [0.1, 0.15) is 17.8 Å². The lowest BCUT2D eigenvalue weighted by molar-refractivity contribution is -0.137. The van der Waals surface area contributed by atoms with Gasteiger partial charge in [0.05, 0.1) is 11.3 Å². The summed E-state index contributed by atoms with van der Waals surface area (Å²) in [5.41, 5.74) is 1.78. The van der Waals surface area contributed by atoms with Crippen molar-refractivity contribution in [2.24, 2.45) is 0 Å². The van der Waals surface area contributed by atoms with E-state index in [1.807, 2.05) is 19.0 Å². The van der Waals surface area contributed by atoms with Gasteiger partial charge in [-0.3, -0.25) is 4.79 Å². The third-order valence-corrected chi connectivity index (χ3v) is 5.33. The van der Waals surface area contributed by atoms with Crippen LogP contribution in [0.4, 0.5) is 24.7 Å². The minimum absolute atomic E-state index is 0.0307. The standard InChI is InChI=1S/C25H24F3N7O/c1-29-22-11-21(32-14-33-22)20-13-31-24-19(20)9-16(12-30-24)15-7-17(25(26,27)28)10-18(8-15)34-23(36)5-4-6-35(2)3/h4-5,7-14H,6H2,1-3H3,(H,30,31)(H,34,36)(H,29,32,33)/b5-4+. The summed E-state index contributed by atoms with van der Waals surface area (Å²) in [6, 6.07) is 6.95. The number of H-pyrrole nitrogens is 1. The van der Waals surface area contributed by atoms with Gasteiger partial charge in [0, 0.05) is 60.3 Å². The number of hydrogen-bond donors (Lipinski definition) is 3. The van der Waals surface area contributed by atoms with E-state index >= 15 is 0 Å². The first-order valence-electron chi connectivity index (χ1n) is 11.0. The van der Waals surface area contributed by atoms with Gasteiger partial charge in [-0.2, -0.15) is 13.2 Å². The lowest BCUT2D eigenvalue weighted by atomic mass is 10.0. The number of carbonyl (C=O) groups excluding carboxylic acids is 1. The lowest BCUT2D eigenvalue weighted by Gasteiger charge is -2.13. The number of aromatic amines is 1. The molecule has 0 saturated carbocycles. The Hall–Kier alpha value is -4.25. The molecule has 0 unspecified atom stereocenters. The molecule has 0 saturated heterocycles. The molecule has 1 aromatic carbocycles. The van der Waals surface area contributed by atoms with Crippen LogP contribution < -0.4 is 10.6 Å². The summed E-state index contributed by atoms with van der Waals surface area (Å²) in [4.78, 5) is 30.0. The van der Waals surface area contributed by atoms with Crippen molar-refractivity contribution in [3.05, 3.63) is 66.8 Å². The van der Waals surface area contributed by atoms with E-state index in [1.165, 1.54) is 24.7 Å². The third-order valence-electron chi connectivity index (χ3n) is 5.33. The first-order valence-corrected chi connectivity index (χ1v) is 11.0. The van der Waals surface area contributed by atoms with Crippen LogP contribution in [0, 0.1) is 0 Å². The number of hydrogen-bond acceptors (Lipinski definition) is 6. The number of nitrogens with zero attached hydrogens (tertiary/aromatic N) is 4. The average Bonchev–Trinajstić information content (AvgIpc) is 3.26. The van der Waals surface area contributed by atoms with Crippen LogP contribution in [0.25, 0.3) is 33.4 Å². The number of pyridine rings is 1. The van der Waals surface area contributed by atoms with Crippen LogP contribution in [0.2, 0.25) is 0 Å². The molecule has 36 heavy (non-hydrogen) atoms. The van der Waals surface area contributed by atoms with E-state index in [2.05, 4.69) is 30.6 Å².